The largest absolute Gasteiger partial charge is 0.491 e. The Morgan fingerprint density at radius 3 is 2.52 bits per heavy atom. The monoisotopic (exact) mass is 888 g/mol. The molecule has 9 atom stereocenters. The van der Waals surface area contributed by atoms with E-state index in [1.165, 1.54) is 28.7 Å². The summed E-state index contributed by atoms with van der Waals surface area (Å²) in [6.07, 6.45) is 5.69. The fraction of sp³-hybridized carbons (Fsp3) is 0.609. The number of carbonyl (C=O) groups is 4. The number of carboxylic acid groups (broad SMARTS) is 1. The highest BCUT2D eigenvalue weighted by atomic mass is 32.1. The summed E-state index contributed by atoms with van der Waals surface area (Å²) < 4.78 is 30.2. The van der Waals surface area contributed by atoms with Crippen LogP contribution in [0.15, 0.2) is 42.3 Å². The SMILES string of the molecule is C=C[C@@H]1CC1(NC(=O)[C@@H]1C[C@H](Oc2cc(-c3csc(NC(C)C)n3)nc3cc(OCCOC4CCCCO4)ccc23)CN1C(=O)[C@@H](NC(=O)OC1C[C@@H]2C[C@@H]2C1)C(C)(C)C)C(=O)O. The number of hydrogen-bond donors (Lipinski definition) is 4. The van der Waals surface area contributed by atoms with Gasteiger partial charge in [-0.15, -0.1) is 17.9 Å². The van der Waals surface area contributed by atoms with Crippen molar-refractivity contribution in [1.29, 1.82) is 0 Å². The van der Waals surface area contributed by atoms with E-state index in [0.717, 1.165) is 37.2 Å². The van der Waals surface area contributed by atoms with Crippen molar-refractivity contribution in [2.45, 2.75) is 128 Å². The highest BCUT2D eigenvalue weighted by molar-refractivity contribution is 7.14. The molecule has 0 radical (unpaired) electrons. The van der Waals surface area contributed by atoms with Crippen LogP contribution in [0.5, 0.6) is 11.5 Å². The first-order valence-corrected chi connectivity index (χ1v) is 23.1. The van der Waals surface area contributed by atoms with Gasteiger partial charge in [-0.3, -0.25) is 9.59 Å². The third-order valence-electron chi connectivity index (χ3n) is 12.7. The topological polar surface area (TPSA) is 200 Å². The summed E-state index contributed by atoms with van der Waals surface area (Å²) in [5.74, 6) is -0.552. The number of benzene rings is 1. The standard InChI is InChI=1S/C46H60N6O10S/c1-7-28-22-46(28,42(55)56)51-40(53)36-20-31(23-52(36)41(54)39(45(4,5)6)50-44(57)62-30-17-26-16-27(26)18-30)61-37-21-34(35-24-63-43(49-35)47-25(2)3)48-33-19-29(11-12-32(33)37)58-14-15-60-38-10-8-9-13-59-38/h7,11-12,19,21,24-28,30-31,36,38-39H,1,8-10,13-18,20,22-23H2,2-6H3,(H,47,49)(H,50,57)(H,51,53)(H,55,56)/t26-,27+,28-,30?,31+,36+,38?,39-,46?/m1/s1. The molecule has 8 rings (SSSR count). The van der Waals surface area contributed by atoms with Crippen LogP contribution < -0.4 is 25.4 Å². The number of amides is 3. The van der Waals surface area contributed by atoms with Gasteiger partial charge >= 0.3 is 12.1 Å². The van der Waals surface area contributed by atoms with Crippen LogP contribution in [-0.2, 0) is 28.6 Å². The fourth-order valence-electron chi connectivity index (χ4n) is 9.13. The van der Waals surface area contributed by atoms with Crippen LogP contribution in [0.2, 0.25) is 0 Å². The lowest BCUT2D eigenvalue weighted by atomic mass is 9.85. The molecule has 2 saturated heterocycles. The lowest BCUT2D eigenvalue weighted by Gasteiger charge is -2.35. The van der Waals surface area contributed by atoms with Gasteiger partial charge in [-0.05, 0) is 88.2 Å². The van der Waals surface area contributed by atoms with Gasteiger partial charge in [-0.2, -0.15) is 0 Å². The number of anilines is 1. The lowest BCUT2D eigenvalue weighted by Crippen LogP contribution is -2.59. The molecule has 5 aliphatic rings. The Bertz CT molecular complexity index is 2190. The molecule has 3 aromatic rings. The molecule has 63 heavy (non-hydrogen) atoms. The fourth-order valence-corrected chi connectivity index (χ4v) is 9.98. The Morgan fingerprint density at radius 1 is 1.05 bits per heavy atom. The maximum absolute atomic E-state index is 14.8. The van der Waals surface area contributed by atoms with E-state index in [-0.39, 0.29) is 37.8 Å². The molecule has 2 aromatic heterocycles. The second-order valence-electron chi connectivity index (χ2n) is 19.0. The number of fused-ring (bicyclic) bond motifs is 2. The molecular formula is C46H60N6O10S. The highest BCUT2D eigenvalue weighted by Crippen LogP contribution is 2.52. The summed E-state index contributed by atoms with van der Waals surface area (Å²) in [7, 11) is 0. The molecule has 3 unspecified atom stereocenters. The van der Waals surface area contributed by atoms with E-state index in [2.05, 4.69) is 22.5 Å². The molecule has 3 amide bonds. The van der Waals surface area contributed by atoms with Crippen LogP contribution in [0.3, 0.4) is 0 Å². The molecule has 5 fully saturated rings. The van der Waals surface area contributed by atoms with Crippen LogP contribution in [0.1, 0.15) is 86.0 Å². The molecule has 4 N–H and O–H groups in total. The molecule has 0 spiro atoms. The summed E-state index contributed by atoms with van der Waals surface area (Å²) in [5.41, 5.74) is -0.566. The Kier molecular flexibility index (Phi) is 12.9. The quantitative estimate of drug-likeness (QED) is 0.0843. The van der Waals surface area contributed by atoms with Gasteiger partial charge in [0, 0.05) is 47.9 Å². The Morgan fingerprint density at radius 2 is 1.84 bits per heavy atom. The molecule has 0 bridgehead atoms. The van der Waals surface area contributed by atoms with Crippen molar-refractivity contribution in [1.82, 2.24) is 25.5 Å². The predicted molar refractivity (Wildman–Crippen MR) is 235 cm³/mol. The van der Waals surface area contributed by atoms with Crippen LogP contribution in [0.25, 0.3) is 22.3 Å². The van der Waals surface area contributed by atoms with Gasteiger partial charge in [0.25, 0.3) is 0 Å². The predicted octanol–water partition coefficient (Wildman–Crippen LogP) is 6.53. The Hall–Kier alpha value is -5.00. The molecule has 4 heterocycles. The minimum atomic E-state index is -1.53. The number of carbonyl (C=O) groups excluding carboxylic acids is 3. The van der Waals surface area contributed by atoms with Gasteiger partial charge < -0.3 is 49.6 Å². The minimum Gasteiger partial charge on any atom is -0.491 e. The van der Waals surface area contributed by atoms with Crippen molar-refractivity contribution in [3.8, 4) is 22.9 Å². The highest BCUT2D eigenvalue weighted by Gasteiger charge is 2.61. The van der Waals surface area contributed by atoms with E-state index >= 15 is 0 Å². The summed E-state index contributed by atoms with van der Waals surface area (Å²) in [6, 6.07) is 5.29. The average molecular weight is 889 g/mol. The van der Waals surface area contributed by atoms with E-state index in [9.17, 15) is 24.3 Å². The minimum absolute atomic E-state index is 0.0264. The van der Waals surface area contributed by atoms with Gasteiger partial charge in [0.2, 0.25) is 11.8 Å². The second kappa shape index (κ2) is 18.2. The number of carboxylic acids is 1. The number of ether oxygens (including phenoxy) is 5. The van der Waals surface area contributed by atoms with E-state index in [4.69, 9.17) is 33.7 Å². The maximum Gasteiger partial charge on any atom is 0.408 e. The van der Waals surface area contributed by atoms with E-state index in [0.29, 0.717) is 65.4 Å². The first-order valence-electron chi connectivity index (χ1n) is 22.3. The number of alkyl carbamates (subject to hydrolysis) is 1. The first-order chi connectivity index (χ1) is 30.1. The number of nitrogens with one attached hydrogen (secondary N) is 3. The molecule has 3 aliphatic carbocycles. The van der Waals surface area contributed by atoms with Crippen LogP contribution in [0.4, 0.5) is 9.93 Å². The van der Waals surface area contributed by atoms with Crippen molar-refractivity contribution in [3.63, 3.8) is 0 Å². The van der Waals surface area contributed by atoms with Gasteiger partial charge in [0.05, 0.1) is 24.4 Å². The molecular weight excluding hydrogens is 829 g/mol. The van der Waals surface area contributed by atoms with Crippen LogP contribution in [-0.4, -0.2) is 112 Å². The number of aliphatic carboxylic acids is 1. The zero-order valence-electron chi connectivity index (χ0n) is 36.7. The Labute approximate surface area is 371 Å². The molecule has 2 aliphatic heterocycles. The summed E-state index contributed by atoms with van der Waals surface area (Å²) >= 11 is 1.46. The van der Waals surface area contributed by atoms with E-state index < -0.39 is 58.9 Å². The van der Waals surface area contributed by atoms with Gasteiger partial charge in [-0.25, -0.2) is 19.6 Å². The number of hydrogen-bond acceptors (Lipinski definition) is 13. The van der Waals surface area contributed by atoms with Gasteiger partial charge in [-0.1, -0.05) is 26.8 Å². The zero-order valence-corrected chi connectivity index (χ0v) is 37.5. The van der Waals surface area contributed by atoms with Crippen LogP contribution in [0, 0.1) is 23.2 Å². The molecule has 17 heteroatoms. The third-order valence-corrected chi connectivity index (χ3v) is 13.5. The summed E-state index contributed by atoms with van der Waals surface area (Å²) in [5, 5.41) is 22.4. The van der Waals surface area contributed by atoms with Crippen molar-refractivity contribution in [3.05, 3.63) is 42.3 Å². The molecule has 1 aromatic carbocycles. The Balaban J connectivity index is 1.06. The van der Waals surface area contributed by atoms with Gasteiger partial charge in [0.15, 0.2) is 11.4 Å². The summed E-state index contributed by atoms with van der Waals surface area (Å²) in [4.78, 5) is 66.0. The van der Waals surface area contributed by atoms with Crippen molar-refractivity contribution < 1.29 is 48.0 Å². The van der Waals surface area contributed by atoms with Crippen LogP contribution >= 0.6 is 11.3 Å². The first kappa shape index (κ1) is 44.6. The number of likely N-dealkylation sites (tertiary alicyclic amines) is 1. The van der Waals surface area contributed by atoms with E-state index in [1.54, 1.807) is 6.07 Å². The van der Waals surface area contributed by atoms with Gasteiger partial charge in [0.1, 0.15) is 53.6 Å². The smallest absolute Gasteiger partial charge is 0.408 e. The number of nitrogens with zero attached hydrogens (tertiary/aromatic N) is 3. The molecule has 3 saturated carbocycles. The van der Waals surface area contributed by atoms with Crippen molar-refractivity contribution >= 4 is 51.2 Å². The normalized spacial score (nSPS) is 27.9. The maximum atomic E-state index is 14.8. The zero-order chi connectivity index (χ0) is 44.6. The number of aromatic nitrogens is 2. The lowest BCUT2D eigenvalue weighted by molar-refractivity contribution is -0.165. The molecule has 16 nitrogen and oxygen atoms in total. The van der Waals surface area contributed by atoms with E-state index in [1.807, 2.05) is 58.2 Å². The summed E-state index contributed by atoms with van der Waals surface area (Å²) in [6.45, 7) is 14.7. The molecule has 340 valence electrons. The number of pyridine rings is 1. The third kappa shape index (κ3) is 10.2. The van der Waals surface area contributed by atoms with Crippen molar-refractivity contribution in [2.75, 3.05) is 31.7 Å². The average Bonchev–Trinajstić information content (AvgIpc) is 3.91. The number of rotatable bonds is 17. The second-order valence-corrected chi connectivity index (χ2v) is 19.9. The number of thiazole rings is 1. The van der Waals surface area contributed by atoms with Crippen molar-refractivity contribution in [2.24, 2.45) is 23.2 Å².